The Morgan fingerprint density at radius 2 is 1.69 bits per heavy atom. The second-order valence-electron chi connectivity index (χ2n) is 7.89. The average molecular weight is 509 g/mol. The lowest BCUT2D eigenvalue weighted by atomic mass is 10.0. The molecule has 0 radical (unpaired) electrons. The summed E-state index contributed by atoms with van der Waals surface area (Å²) >= 11 is 0. The first-order chi connectivity index (χ1) is 17.5. The molecule has 186 valence electrons. The molecule has 0 bridgehead atoms. The lowest BCUT2D eigenvalue weighted by Crippen LogP contribution is -2.17. The number of methoxy groups -OCH3 is 1. The van der Waals surface area contributed by atoms with Gasteiger partial charge in [-0.3, -0.25) is 4.79 Å². The number of hydrogen-bond acceptors (Lipinski definition) is 6. The highest BCUT2D eigenvalue weighted by Gasteiger charge is 2.19. The lowest BCUT2D eigenvalue weighted by Gasteiger charge is -2.18. The topological polar surface area (TPSA) is 76.0 Å². The van der Waals surface area contributed by atoms with Crippen LogP contribution in [-0.4, -0.2) is 24.3 Å². The van der Waals surface area contributed by atoms with Crippen molar-refractivity contribution >= 4 is 26.3 Å². The summed E-state index contributed by atoms with van der Waals surface area (Å²) < 4.78 is 38.2. The molecule has 36 heavy (non-hydrogen) atoms. The zero-order valence-corrected chi connectivity index (χ0v) is 21.0. The molecule has 1 atom stereocenters. The van der Waals surface area contributed by atoms with E-state index in [1.165, 1.54) is 16.7 Å². The minimum Gasteiger partial charge on any atom is -0.497 e. The molecule has 9 heteroatoms. The van der Waals surface area contributed by atoms with Gasteiger partial charge in [-0.15, -0.1) is 0 Å². The summed E-state index contributed by atoms with van der Waals surface area (Å²) in [5.41, 5.74) is 0.843. The average Bonchev–Trinajstić information content (AvgIpc) is 2.92. The number of carbonyl (C=O) groups excluding carboxylic acids is 1. The smallest absolute Gasteiger partial charge is 0.339 e. The van der Waals surface area contributed by atoms with Crippen molar-refractivity contribution in [2.24, 2.45) is 0 Å². The van der Waals surface area contributed by atoms with Crippen LogP contribution in [0.5, 0.6) is 17.2 Å². The molecule has 1 heterocycles. The predicted octanol–water partition coefficient (Wildman–Crippen LogP) is 5.59. The fourth-order valence-corrected chi connectivity index (χ4v) is 3.91. The number of hydrogen-bond donors (Lipinski definition) is 0. The number of aromatic nitrogens is 1. The van der Waals surface area contributed by atoms with Gasteiger partial charge in [0.25, 0.3) is 0 Å². The van der Waals surface area contributed by atoms with Crippen molar-refractivity contribution in [1.29, 1.82) is 0 Å². The first-order valence-corrected chi connectivity index (χ1v) is 11.7. The maximum Gasteiger partial charge on any atom is 0.339 e. The van der Waals surface area contributed by atoms with E-state index in [1.54, 1.807) is 61.8 Å². The molecular weight excluding hydrogens is 484 g/mol. The monoisotopic (exact) mass is 509 g/mol. The van der Waals surface area contributed by atoms with Gasteiger partial charge < -0.3 is 23.3 Å². The molecule has 0 spiro atoms. The Bertz CT molecular complexity index is 1430. The molecule has 4 rings (SSSR count). The number of rotatable bonds is 9. The van der Waals surface area contributed by atoms with Gasteiger partial charge in [-0.25, -0.2) is 9.18 Å². The summed E-state index contributed by atoms with van der Waals surface area (Å²) in [5.74, 6) is 0.233. The Hall–Kier alpha value is -3.90. The first kappa shape index (κ1) is 25.2. The second kappa shape index (κ2) is 11.2. The van der Waals surface area contributed by atoms with E-state index >= 15 is 4.39 Å². The standard InChI is InChI=1S/C27H25FNO6P/c1-3-14-33-23-13-12-22(28)24-25(23)29(16-34-27(31)18-6-10-20(35-36)11-7-18)15-21(26(24)30)17-4-8-19(32-2)9-5-17/h4-13,15H,3,14,16,36H2,1-2H3. The zero-order chi connectivity index (χ0) is 25.7. The fraction of sp³-hybridized carbons (Fsp3) is 0.185. The van der Waals surface area contributed by atoms with Gasteiger partial charge in [-0.05, 0) is 60.5 Å². The highest BCUT2D eigenvalue weighted by molar-refractivity contribution is 7.10. The van der Waals surface area contributed by atoms with Crippen molar-refractivity contribution in [2.75, 3.05) is 13.7 Å². The van der Waals surface area contributed by atoms with Crippen LogP contribution in [0.25, 0.3) is 22.0 Å². The summed E-state index contributed by atoms with van der Waals surface area (Å²) in [7, 11) is 3.67. The van der Waals surface area contributed by atoms with Crippen molar-refractivity contribution in [3.05, 3.63) is 88.5 Å². The molecule has 0 aliphatic carbocycles. The van der Waals surface area contributed by atoms with E-state index in [2.05, 4.69) is 9.47 Å². The van der Waals surface area contributed by atoms with Crippen LogP contribution in [0.4, 0.5) is 4.39 Å². The van der Waals surface area contributed by atoms with Gasteiger partial charge in [0.1, 0.15) is 28.6 Å². The lowest BCUT2D eigenvalue weighted by molar-refractivity contribution is 0.0378. The molecule has 0 amide bonds. The van der Waals surface area contributed by atoms with E-state index in [0.29, 0.717) is 35.0 Å². The summed E-state index contributed by atoms with van der Waals surface area (Å²) in [4.78, 5) is 26.1. The number of halogens is 1. The first-order valence-electron chi connectivity index (χ1n) is 11.2. The van der Waals surface area contributed by atoms with Crippen molar-refractivity contribution in [3.8, 4) is 28.4 Å². The normalized spacial score (nSPS) is 10.8. The van der Waals surface area contributed by atoms with Crippen molar-refractivity contribution < 1.29 is 27.9 Å². The SMILES string of the molecule is CCCOc1ccc(F)c2c(=O)c(-c3ccc(OC)cc3)cn(COC(=O)c3ccc(OP)cc3)c12. The van der Waals surface area contributed by atoms with Gasteiger partial charge in [0.2, 0.25) is 0 Å². The number of pyridine rings is 1. The third-order valence-corrected chi connectivity index (χ3v) is 5.83. The van der Waals surface area contributed by atoms with Crippen LogP contribution in [-0.2, 0) is 11.5 Å². The van der Waals surface area contributed by atoms with Crippen molar-refractivity contribution in [2.45, 2.75) is 20.1 Å². The predicted molar refractivity (Wildman–Crippen MR) is 138 cm³/mol. The molecule has 0 saturated carbocycles. The summed E-state index contributed by atoms with van der Waals surface area (Å²) in [6.45, 7) is 2.04. The quantitative estimate of drug-likeness (QED) is 0.216. The van der Waals surface area contributed by atoms with Crippen molar-refractivity contribution in [3.63, 3.8) is 0 Å². The van der Waals surface area contributed by atoms with Crippen LogP contribution in [0.1, 0.15) is 23.7 Å². The van der Waals surface area contributed by atoms with E-state index in [9.17, 15) is 9.59 Å². The molecule has 0 aliphatic rings. The molecule has 7 nitrogen and oxygen atoms in total. The van der Waals surface area contributed by atoms with Gasteiger partial charge in [0, 0.05) is 11.8 Å². The Kier molecular flexibility index (Phi) is 7.86. The summed E-state index contributed by atoms with van der Waals surface area (Å²) in [5, 5.41) is -0.144. The van der Waals surface area contributed by atoms with Gasteiger partial charge in [0.05, 0.1) is 34.1 Å². The van der Waals surface area contributed by atoms with E-state index in [1.807, 2.05) is 6.92 Å². The summed E-state index contributed by atoms with van der Waals surface area (Å²) in [6, 6.07) is 15.9. The fourth-order valence-electron chi connectivity index (χ4n) is 3.75. The Labute approximate surface area is 209 Å². The molecule has 4 aromatic rings. The molecule has 3 aromatic carbocycles. The van der Waals surface area contributed by atoms with Gasteiger partial charge in [-0.2, -0.15) is 0 Å². The maximum atomic E-state index is 15.1. The van der Waals surface area contributed by atoms with Crippen LogP contribution >= 0.6 is 9.47 Å². The number of ether oxygens (including phenoxy) is 3. The second-order valence-corrected chi connectivity index (χ2v) is 8.13. The van der Waals surface area contributed by atoms with E-state index in [0.717, 1.165) is 6.42 Å². The van der Waals surface area contributed by atoms with Gasteiger partial charge in [-0.1, -0.05) is 19.1 Å². The molecular formula is C27H25FNO6P. The maximum absolute atomic E-state index is 15.1. The van der Waals surface area contributed by atoms with Crippen LogP contribution < -0.4 is 19.4 Å². The number of nitrogens with zero attached hydrogens (tertiary/aromatic N) is 1. The third-order valence-electron chi connectivity index (χ3n) is 5.56. The molecule has 1 aromatic heterocycles. The number of fused-ring (bicyclic) bond motifs is 1. The Morgan fingerprint density at radius 1 is 1.00 bits per heavy atom. The summed E-state index contributed by atoms with van der Waals surface area (Å²) in [6.07, 6.45) is 2.27. The zero-order valence-electron chi connectivity index (χ0n) is 19.8. The van der Waals surface area contributed by atoms with Crippen LogP contribution in [0, 0.1) is 5.82 Å². The van der Waals surface area contributed by atoms with Gasteiger partial charge in [0.15, 0.2) is 12.2 Å². The van der Waals surface area contributed by atoms with Crippen LogP contribution in [0.3, 0.4) is 0 Å². The van der Waals surface area contributed by atoms with E-state index in [-0.39, 0.29) is 23.2 Å². The van der Waals surface area contributed by atoms with E-state index in [4.69, 9.17) is 18.7 Å². The highest BCUT2D eigenvalue weighted by atomic mass is 31.0. The third kappa shape index (κ3) is 5.19. The van der Waals surface area contributed by atoms with E-state index < -0.39 is 17.2 Å². The minimum atomic E-state index is -0.692. The largest absolute Gasteiger partial charge is 0.497 e. The molecule has 0 N–H and O–H groups in total. The number of esters is 1. The number of carbonyl (C=O) groups is 1. The minimum absolute atomic E-state index is 0.144. The Morgan fingerprint density at radius 3 is 2.33 bits per heavy atom. The van der Waals surface area contributed by atoms with Crippen molar-refractivity contribution in [1.82, 2.24) is 4.57 Å². The molecule has 0 fully saturated rings. The van der Waals surface area contributed by atoms with Crippen LogP contribution in [0.2, 0.25) is 0 Å². The number of benzene rings is 3. The van der Waals surface area contributed by atoms with Crippen LogP contribution in [0.15, 0.2) is 71.7 Å². The molecule has 0 aliphatic heterocycles. The Balaban J connectivity index is 1.81. The molecule has 1 unspecified atom stereocenters. The highest BCUT2D eigenvalue weighted by Crippen LogP contribution is 2.30. The molecule has 0 saturated heterocycles. The van der Waals surface area contributed by atoms with Gasteiger partial charge >= 0.3 is 5.97 Å².